The molecule has 0 aromatic rings. The molecule has 0 radical (unpaired) electrons. The van der Waals surface area contributed by atoms with Gasteiger partial charge in [0.25, 0.3) is 0 Å². The Morgan fingerprint density at radius 3 is 2.62 bits per heavy atom. The molecule has 0 bridgehead atoms. The van der Waals surface area contributed by atoms with E-state index in [0.29, 0.717) is 18.9 Å². The molecule has 96 valence electrons. The summed E-state index contributed by atoms with van der Waals surface area (Å²) in [5.74, 6) is 0.319. The van der Waals surface area contributed by atoms with Crippen LogP contribution in [0.15, 0.2) is 0 Å². The molecule has 3 atom stereocenters. The summed E-state index contributed by atoms with van der Waals surface area (Å²) in [6.07, 6.45) is -1.64. The van der Waals surface area contributed by atoms with Gasteiger partial charge in [-0.15, -0.1) is 0 Å². The van der Waals surface area contributed by atoms with E-state index in [2.05, 4.69) is 5.32 Å². The van der Waals surface area contributed by atoms with Crippen molar-refractivity contribution in [2.75, 3.05) is 6.54 Å². The summed E-state index contributed by atoms with van der Waals surface area (Å²) in [4.78, 5) is 0. The molecule has 3 unspecified atom stereocenters. The Morgan fingerprint density at radius 2 is 2.06 bits per heavy atom. The lowest BCUT2D eigenvalue weighted by Gasteiger charge is -2.27. The van der Waals surface area contributed by atoms with Gasteiger partial charge in [-0.3, -0.25) is 0 Å². The summed E-state index contributed by atoms with van der Waals surface area (Å²) in [5, 5.41) is 12.3. The van der Waals surface area contributed by atoms with E-state index < -0.39 is 18.6 Å². The Hall–Kier alpha value is -0.290. The molecule has 5 heteroatoms. The molecule has 0 aromatic carbocycles. The zero-order chi connectivity index (χ0) is 12.2. The predicted octanol–water partition coefficient (Wildman–Crippen LogP) is 2.47. The predicted molar refractivity (Wildman–Crippen MR) is 56.1 cm³/mol. The van der Waals surface area contributed by atoms with Gasteiger partial charge in [-0.25, -0.2) is 0 Å². The summed E-state index contributed by atoms with van der Waals surface area (Å²) in [6, 6.07) is -0.543. The Bertz CT molecular complexity index is 208. The van der Waals surface area contributed by atoms with E-state index in [0.717, 1.165) is 19.3 Å². The summed E-state index contributed by atoms with van der Waals surface area (Å²) in [7, 11) is 0. The lowest BCUT2D eigenvalue weighted by atomic mass is 9.87. The smallest absolute Gasteiger partial charge is 0.390 e. The maximum atomic E-state index is 12.1. The molecule has 0 heterocycles. The zero-order valence-electron chi connectivity index (χ0n) is 9.56. The summed E-state index contributed by atoms with van der Waals surface area (Å²) in [6.45, 7) is 2.13. The average Bonchev–Trinajstić information content (AvgIpc) is 2.12. The molecule has 2 N–H and O–H groups in total. The van der Waals surface area contributed by atoms with E-state index in [1.54, 1.807) is 6.92 Å². The van der Waals surface area contributed by atoms with Crippen molar-refractivity contribution in [3.8, 4) is 0 Å². The number of hydrogen-bond acceptors (Lipinski definition) is 2. The van der Waals surface area contributed by atoms with Crippen LogP contribution in [0.5, 0.6) is 0 Å². The van der Waals surface area contributed by atoms with E-state index in [-0.39, 0.29) is 6.10 Å². The van der Waals surface area contributed by atoms with E-state index in [1.807, 2.05) is 0 Å². The standard InChI is InChI=1S/C11H20F3NO/c1-8(6-11(12,13)14)15-7-9-3-2-4-10(16)5-9/h8-10,15-16H,2-7H2,1H3. The number of aliphatic hydroxyl groups excluding tert-OH is 1. The van der Waals surface area contributed by atoms with E-state index in [4.69, 9.17) is 0 Å². The van der Waals surface area contributed by atoms with Crippen molar-refractivity contribution in [3.05, 3.63) is 0 Å². The van der Waals surface area contributed by atoms with E-state index in [1.165, 1.54) is 0 Å². The number of nitrogens with one attached hydrogen (secondary N) is 1. The molecule has 1 aliphatic rings. The van der Waals surface area contributed by atoms with Crippen LogP contribution in [0.4, 0.5) is 13.2 Å². The monoisotopic (exact) mass is 239 g/mol. The Kier molecular flexibility index (Phi) is 5.05. The Balaban J connectivity index is 2.18. The van der Waals surface area contributed by atoms with Crippen LogP contribution in [0.2, 0.25) is 0 Å². The molecular formula is C11H20F3NO. The minimum Gasteiger partial charge on any atom is -0.393 e. The largest absolute Gasteiger partial charge is 0.393 e. The van der Waals surface area contributed by atoms with Crippen LogP contribution < -0.4 is 5.32 Å². The molecule has 0 amide bonds. The maximum Gasteiger partial charge on any atom is 0.390 e. The van der Waals surface area contributed by atoms with Gasteiger partial charge in [-0.2, -0.15) is 13.2 Å². The second-order valence-corrected chi connectivity index (χ2v) is 4.82. The second kappa shape index (κ2) is 5.87. The number of alkyl halides is 3. The van der Waals surface area contributed by atoms with Crippen LogP contribution in [0.25, 0.3) is 0 Å². The van der Waals surface area contributed by atoms with Gasteiger partial charge in [-0.1, -0.05) is 6.42 Å². The van der Waals surface area contributed by atoms with Gasteiger partial charge in [-0.05, 0) is 38.6 Å². The van der Waals surface area contributed by atoms with Gasteiger partial charge in [0.05, 0.1) is 12.5 Å². The maximum absolute atomic E-state index is 12.1. The molecule has 0 spiro atoms. The normalized spacial score (nSPS) is 29.1. The molecule has 16 heavy (non-hydrogen) atoms. The van der Waals surface area contributed by atoms with Gasteiger partial charge in [0, 0.05) is 6.04 Å². The second-order valence-electron chi connectivity index (χ2n) is 4.82. The van der Waals surface area contributed by atoms with Crippen molar-refractivity contribution in [1.82, 2.24) is 5.32 Å². The molecule has 0 aromatic heterocycles. The lowest BCUT2D eigenvalue weighted by molar-refractivity contribution is -0.139. The van der Waals surface area contributed by atoms with Crippen molar-refractivity contribution in [3.63, 3.8) is 0 Å². The van der Waals surface area contributed by atoms with Crippen LogP contribution in [0.1, 0.15) is 39.0 Å². The van der Waals surface area contributed by atoms with Crippen molar-refractivity contribution < 1.29 is 18.3 Å². The van der Waals surface area contributed by atoms with E-state index >= 15 is 0 Å². The highest BCUT2D eigenvalue weighted by atomic mass is 19.4. The van der Waals surface area contributed by atoms with Crippen molar-refractivity contribution >= 4 is 0 Å². The van der Waals surface area contributed by atoms with E-state index in [9.17, 15) is 18.3 Å². The summed E-state index contributed by atoms with van der Waals surface area (Å²) < 4.78 is 36.2. The van der Waals surface area contributed by atoms with Gasteiger partial charge in [0.15, 0.2) is 0 Å². The van der Waals surface area contributed by atoms with Gasteiger partial charge in [0.2, 0.25) is 0 Å². The highest BCUT2D eigenvalue weighted by molar-refractivity contribution is 4.75. The first-order valence-corrected chi connectivity index (χ1v) is 5.85. The molecule has 2 nitrogen and oxygen atoms in total. The number of hydrogen-bond donors (Lipinski definition) is 2. The van der Waals surface area contributed by atoms with Crippen molar-refractivity contribution in [2.45, 2.75) is 57.3 Å². The first kappa shape index (κ1) is 13.8. The highest BCUT2D eigenvalue weighted by Crippen LogP contribution is 2.25. The number of halogens is 3. The minimum absolute atomic E-state index is 0.265. The number of aliphatic hydroxyl groups is 1. The fourth-order valence-electron chi connectivity index (χ4n) is 2.24. The van der Waals surface area contributed by atoms with Crippen LogP contribution in [0.3, 0.4) is 0 Å². The lowest BCUT2D eigenvalue weighted by Crippen LogP contribution is -2.36. The van der Waals surface area contributed by atoms with Gasteiger partial charge >= 0.3 is 6.18 Å². The molecule has 1 fully saturated rings. The van der Waals surface area contributed by atoms with Crippen LogP contribution in [-0.2, 0) is 0 Å². The summed E-state index contributed by atoms with van der Waals surface area (Å²) in [5.41, 5.74) is 0. The fourth-order valence-corrected chi connectivity index (χ4v) is 2.24. The third kappa shape index (κ3) is 5.70. The molecule has 0 saturated heterocycles. The minimum atomic E-state index is -4.10. The molecular weight excluding hydrogens is 219 g/mol. The van der Waals surface area contributed by atoms with Gasteiger partial charge in [0.1, 0.15) is 0 Å². The third-order valence-corrected chi connectivity index (χ3v) is 3.05. The van der Waals surface area contributed by atoms with Crippen molar-refractivity contribution in [1.29, 1.82) is 0 Å². The highest BCUT2D eigenvalue weighted by Gasteiger charge is 2.30. The summed E-state index contributed by atoms with van der Waals surface area (Å²) >= 11 is 0. The average molecular weight is 239 g/mol. The van der Waals surface area contributed by atoms with Gasteiger partial charge < -0.3 is 10.4 Å². The fraction of sp³-hybridized carbons (Fsp3) is 1.00. The molecule has 0 aliphatic heterocycles. The van der Waals surface area contributed by atoms with Crippen LogP contribution >= 0.6 is 0 Å². The topological polar surface area (TPSA) is 32.3 Å². The molecule has 1 aliphatic carbocycles. The van der Waals surface area contributed by atoms with Crippen LogP contribution in [0, 0.1) is 5.92 Å². The Labute approximate surface area is 94.2 Å². The Morgan fingerprint density at radius 1 is 1.38 bits per heavy atom. The van der Waals surface area contributed by atoms with Crippen molar-refractivity contribution in [2.24, 2.45) is 5.92 Å². The first-order chi connectivity index (χ1) is 7.37. The SMILES string of the molecule is CC(CC(F)(F)F)NCC1CCCC(O)C1. The quantitative estimate of drug-likeness (QED) is 0.790. The molecule has 1 saturated carbocycles. The molecule has 1 rings (SSSR count). The number of rotatable bonds is 4. The van der Waals surface area contributed by atoms with Crippen LogP contribution in [-0.4, -0.2) is 30.0 Å². The zero-order valence-corrected chi connectivity index (χ0v) is 9.56. The third-order valence-electron chi connectivity index (χ3n) is 3.05. The first-order valence-electron chi connectivity index (χ1n) is 5.85.